The summed E-state index contributed by atoms with van der Waals surface area (Å²) >= 11 is 17.2. The van der Waals surface area contributed by atoms with E-state index in [1.165, 1.54) is 0 Å². The van der Waals surface area contributed by atoms with E-state index in [9.17, 15) is 52.7 Å². The van der Waals surface area contributed by atoms with Crippen LogP contribution in [0.25, 0.3) is 5.83 Å². The Balaban J connectivity index is 2.47. The summed E-state index contributed by atoms with van der Waals surface area (Å²) in [4.78, 5) is 12.5. The minimum absolute atomic E-state index is 0.0128. The smallest absolute Gasteiger partial charge is 0.349 e. The van der Waals surface area contributed by atoms with Crippen molar-refractivity contribution in [2.24, 2.45) is 0 Å². The number of amides is 1. The molecule has 17 heteroatoms. The molecule has 0 saturated carbocycles. The van der Waals surface area contributed by atoms with Gasteiger partial charge in [-0.1, -0.05) is 40.9 Å². The molecule has 1 amide bonds. The van der Waals surface area contributed by atoms with E-state index in [4.69, 9.17) is 34.8 Å². The van der Waals surface area contributed by atoms with E-state index < -0.39 is 96.1 Å². The summed E-state index contributed by atoms with van der Waals surface area (Å²) in [7, 11) is -4.38. The first-order valence-electron chi connectivity index (χ1n) is 10.7. The fourth-order valence-corrected chi connectivity index (χ4v) is 5.46. The van der Waals surface area contributed by atoms with Crippen LogP contribution in [-0.2, 0) is 16.0 Å². The van der Waals surface area contributed by atoms with Gasteiger partial charge >= 0.3 is 12.4 Å². The molecule has 2 aromatic carbocycles. The van der Waals surface area contributed by atoms with Gasteiger partial charge in [0.1, 0.15) is 17.5 Å². The molecule has 0 aliphatic heterocycles. The maximum atomic E-state index is 15.0. The summed E-state index contributed by atoms with van der Waals surface area (Å²) in [6.45, 7) is 1.04. The van der Waals surface area contributed by atoms with Gasteiger partial charge in [0.25, 0.3) is 12.3 Å². The predicted molar refractivity (Wildman–Crippen MR) is 132 cm³/mol. The maximum absolute atomic E-state index is 15.0. The zero-order chi connectivity index (χ0) is 30.8. The van der Waals surface area contributed by atoms with Gasteiger partial charge in [0.2, 0.25) is 0 Å². The minimum Gasteiger partial charge on any atom is -0.349 e. The fourth-order valence-electron chi connectivity index (χ4n) is 3.49. The molecular weight excluding hydrogens is 648 g/mol. The summed E-state index contributed by atoms with van der Waals surface area (Å²) in [6.07, 6.45) is -13.7. The van der Waals surface area contributed by atoms with Gasteiger partial charge in [-0.2, -0.15) is 26.3 Å². The maximum Gasteiger partial charge on any atom is 0.417 e. The third-order valence-electron chi connectivity index (χ3n) is 5.14. The van der Waals surface area contributed by atoms with Gasteiger partial charge in [0, 0.05) is 11.6 Å². The molecule has 2 atom stereocenters. The molecule has 222 valence electrons. The van der Waals surface area contributed by atoms with Crippen LogP contribution in [0.15, 0.2) is 36.4 Å². The summed E-state index contributed by atoms with van der Waals surface area (Å²) in [5.74, 6) is -8.49. The van der Waals surface area contributed by atoms with E-state index in [-0.39, 0.29) is 17.2 Å². The molecule has 0 saturated heterocycles. The van der Waals surface area contributed by atoms with Crippen molar-refractivity contribution in [3.05, 3.63) is 73.7 Å². The van der Waals surface area contributed by atoms with Crippen LogP contribution in [0.3, 0.4) is 0 Å². The molecule has 0 aliphatic rings. The Bertz CT molecular complexity index is 1370. The molecule has 0 radical (unpaired) electrons. The first-order chi connectivity index (χ1) is 18.1. The Kier molecular flexibility index (Phi) is 10.9. The molecule has 2 rings (SSSR count). The topological polar surface area (TPSA) is 63.2 Å². The molecule has 40 heavy (non-hydrogen) atoms. The predicted octanol–water partition coefficient (Wildman–Crippen LogP) is 8.12. The highest BCUT2D eigenvalue weighted by atomic mass is 35.5. The van der Waals surface area contributed by atoms with Gasteiger partial charge in [-0.25, -0.2) is 21.6 Å². The van der Waals surface area contributed by atoms with Crippen LogP contribution in [0, 0.1) is 0 Å². The van der Waals surface area contributed by atoms with Crippen LogP contribution < -0.4 is 5.32 Å². The molecule has 0 bridgehead atoms. The van der Waals surface area contributed by atoms with Crippen molar-refractivity contribution in [1.29, 1.82) is 0 Å². The van der Waals surface area contributed by atoms with Gasteiger partial charge in [0.15, 0.2) is 9.84 Å². The molecule has 0 aliphatic carbocycles. The lowest BCUT2D eigenvalue weighted by Crippen LogP contribution is -2.39. The highest BCUT2D eigenvalue weighted by Crippen LogP contribution is 2.42. The zero-order valence-electron chi connectivity index (χ0n) is 19.8. The van der Waals surface area contributed by atoms with E-state index in [0.29, 0.717) is 12.1 Å². The Hall–Kier alpha value is -2.16. The van der Waals surface area contributed by atoms with Crippen molar-refractivity contribution < 1.29 is 52.7 Å². The molecule has 2 aromatic rings. The Morgan fingerprint density at radius 1 is 0.975 bits per heavy atom. The molecular formula is C23H17Cl3F9NO3S. The molecule has 0 heterocycles. The SMILES string of the molecule is C[C@H](CS(=O)(=O)CC(F)F)NC(=O)c1ccc(/C(F)=C/C(c2cc(Cl)c(Cl)c(Cl)c2)C(F)(F)F)cc1C(F)(F)F. The van der Waals surface area contributed by atoms with Crippen LogP contribution in [-0.4, -0.2) is 44.5 Å². The number of hydrogen-bond donors (Lipinski definition) is 1. The van der Waals surface area contributed by atoms with Crippen LogP contribution in [0.5, 0.6) is 0 Å². The molecule has 4 nitrogen and oxygen atoms in total. The second-order valence-electron chi connectivity index (χ2n) is 8.43. The number of benzene rings is 2. The fraction of sp³-hybridized carbons (Fsp3) is 0.348. The highest BCUT2D eigenvalue weighted by Gasteiger charge is 2.41. The monoisotopic (exact) mass is 663 g/mol. The second-order valence-corrected chi connectivity index (χ2v) is 11.8. The molecule has 0 aromatic heterocycles. The third kappa shape index (κ3) is 9.18. The Morgan fingerprint density at radius 2 is 1.52 bits per heavy atom. The van der Waals surface area contributed by atoms with Crippen LogP contribution in [0.4, 0.5) is 39.5 Å². The Morgan fingerprint density at radius 3 is 2.00 bits per heavy atom. The van der Waals surface area contributed by atoms with E-state index in [1.54, 1.807) is 0 Å². The number of sulfone groups is 1. The first kappa shape index (κ1) is 34.0. The van der Waals surface area contributed by atoms with Crippen molar-refractivity contribution in [1.82, 2.24) is 5.32 Å². The Labute approximate surface area is 237 Å². The quantitative estimate of drug-likeness (QED) is 0.218. The number of rotatable bonds is 9. The van der Waals surface area contributed by atoms with E-state index in [2.05, 4.69) is 0 Å². The van der Waals surface area contributed by atoms with Crippen molar-refractivity contribution in [2.45, 2.75) is 37.7 Å². The zero-order valence-corrected chi connectivity index (χ0v) is 22.9. The number of carbonyl (C=O) groups is 1. The highest BCUT2D eigenvalue weighted by molar-refractivity contribution is 7.91. The van der Waals surface area contributed by atoms with E-state index in [1.807, 2.05) is 5.32 Å². The molecule has 0 spiro atoms. The summed E-state index contributed by atoms with van der Waals surface area (Å²) < 4.78 is 145. The van der Waals surface area contributed by atoms with Crippen molar-refractivity contribution in [3.63, 3.8) is 0 Å². The normalized spacial score (nSPS) is 14.8. The van der Waals surface area contributed by atoms with Gasteiger partial charge in [-0.15, -0.1) is 0 Å². The lowest BCUT2D eigenvalue weighted by molar-refractivity contribution is -0.140. The third-order valence-corrected chi connectivity index (χ3v) is 8.10. The largest absolute Gasteiger partial charge is 0.417 e. The number of halogens is 12. The average molecular weight is 665 g/mol. The van der Waals surface area contributed by atoms with Gasteiger partial charge in [0.05, 0.1) is 31.9 Å². The lowest BCUT2D eigenvalue weighted by Gasteiger charge is -2.20. The lowest BCUT2D eigenvalue weighted by atomic mass is 9.95. The van der Waals surface area contributed by atoms with E-state index >= 15 is 0 Å². The van der Waals surface area contributed by atoms with Crippen molar-refractivity contribution >= 4 is 56.4 Å². The summed E-state index contributed by atoms with van der Waals surface area (Å²) in [5.41, 5.74) is -4.51. The molecule has 0 fully saturated rings. The van der Waals surface area contributed by atoms with Gasteiger partial charge in [-0.3, -0.25) is 4.79 Å². The van der Waals surface area contributed by atoms with Crippen LogP contribution in [0.2, 0.25) is 15.1 Å². The number of carbonyl (C=O) groups excluding carboxylic acids is 1. The number of nitrogens with one attached hydrogen (secondary N) is 1. The molecule has 1 unspecified atom stereocenters. The minimum atomic E-state index is -5.31. The second kappa shape index (κ2) is 12.8. The number of hydrogen-bond acceptors (Lipinski definition) is 3. The van der Waals surface area contributed by atoms with Gasteiger partial charge in [-0.05, 0) is 42.8 Å². The average Bonchev–Trinajstić information content (AvgIpc) is 2.77. The van der Waals surface area contributed by atoms with E-state index in [0.717, 1.165) is 19.1 Å². The standard InChI is InChI=1S/C23H17Cl3F9NO3S/c1-10(8-40(38,39)9-19(28)29)36-21(37)13-3-2-11(4-15(13)23(33,34)35)18(27)7-14(22(30,31)32)12-5-16(24)20(26)17(25)6-12/h2-7,10,14,19H,8-9H2,1H3,(H,36,37)/b18-7-/t10-,14?/m1/s1. The van der Waals surface area contributed by atoms with Crippen molar-refractivity contribution in [2.75, 3.05) is 11.5 Å². The molecule has 1 N–H and O–H groups in total. The number of alkyl halides is 8. The van der Waals surface area contributed by atoms with Crippen molar-refractivity contribution in [3.8, 4) is 0 Å². The van der Waals surface area contributed by atoms with Crippen LogP contribution in [0.1, 0.15) is 39.9 Å². The van der Waals surface area contributed by atoms with Gasteiger partial charge < -0.3 is 5.32 Å². The summed E-state index contributed by atoms with van der Waals surface area (Å²) in [5, 5.41) is 0.863. The number of allylic oxidation sites excluding steroid dienone is 1. The van der Waals surface area contributed by atoms with Crippen LogP contribution >= 0.6 is 34.8 Å². The summed E-state index contributed by atoms with van der Waals surface area (Å²) in [6, 6.07) is 1.28. The first-order valence-corrected chi connectivity index (χ1v) is 13.7.